The highest BCUT2D eigenvalue weighted by atomic mass is 32.2. The summed E-state index contributed by atoms with van der Waals surface area (Å²) in [7, 11) is -0.921. The highest BCUT2D eigenvalue weighted by Crippen LogP contribution is 2.26. The second-order valence-electron chi connectivity index (χ2n) is 7.45. The maximum Gasteiger partial charge on any atom is 0.257 e. The van der Waals surface area contributed by atoms with Crippen LogP contribution in [-0.2, 0) is 19.6 Å². The Bertz CT molecular complexity index is 1080. The van der Waals surface area contributed by atoms with Gasteiger partial charge in [-0.25, -0.2) is 8.42 Å². The summed E-state index contributed by atoms with van der Waals surface area (Å²) >= 11 is 0. The van der Waals surface area contributed by atoms with Crippen LogP contribution >= 0.6 is 0 Å². The van der Waals surface area contributed by atoms with Gasteiger partial charge in [-0.1, -0.05) is 17.7 Å². The van der Waals surface area contributed by atoms with Crippen LogP contribution < -0.4 is 10.1 Å². The predicted molar refractivity (Wildman–Crippen MR) is 119 cm³/mol. The van der Waals surface area contributed by atoms with Gasteiger partial charge in [-0.3, -0.25) is 9.59 Å². The average molecular weight is 462 g/mol. The number of amides is 2. The van der Waals surface area contributed by atoms with E-state index in [-0.39, 0.29) is 41.7 Å². The minimum atomic E-state index is -3.79. The number of hydrogen-bond acceptors (Lipinski definition) is 6. The van der Waals surface area contributed by atoms with Gasteiger partial charge in [0, 0.05) is 25.8 Å². The Hall–Kier alpha value is -2.95. The van der Waals surface area contributed by atoms with Gasteiger partial charge in [0.05, 0.1) is 37.3 Å². The molecule has 0 aliphatic carbocycles. The fourth-order valence-corrected chi connectivity index (χ4v) is 4.72. The molecule has 0 atom stereocenters. The molecular weight excluding hydrogens is 434 g/mol. The Morgan fingerprint density at radius 1 is 1.12 bits per heavy atom. The molecular formula is C22H27N3O6S. The molecule has 0 bridgehead atoms. The zero-order valence-corrected chi connectivity index (χ0v) is 19.1. The highest BCUT2D eigenvalue weighted by Gasteiger charge is 2.28. The summed E-state index contributed by atoms with van der Waals surface area (Å²) in [4.78, 5) is 26.6. The van der Waals surface area contributed by atoms with E-state index in [0.717, 1.165) is 5.56 Å². The van der Waals surface area contributed by atoms with Crippen LogP contribution in [0.15, 0.2) is 47.4 Å². The summed E-state index contributed by atoms with van der Waals surface area (Å²) < 4.78 is 37.8. The zero-order chi connectivity index (χ0) is 23.3. The molecule has 32 heavy (non-hydrogen) atoms. The fourth-order valence-electron chi connectivity index (χ4n) is 3.28. The van der Waals surface area contributed by atoms with Gasteiger partial charge in [0.15, 0.2) is 0 Å². The number of sulfonamides is 1. The molecule has 1 aliphatic rings. The van der Waals surface area contributed by atoms with Crippen molar-refractivity contribution in [2.24, 2.45) is 0 Å². The lowest BCUT2D eigenvalue weighted by Crippen LogP contribution is -2.40. The molecule has 3 rings (SSSR count). The highest BCUT2D eigenvalue weighted by molar-refractivity contribution is 7.89. The van der Waals surface area contributed by atoms with E-state index in [4.69, 9.17) is 9.47 Å². The lowest BCUT2D eigenvalue weighted by Gasteiger charge is -2.26. The Kier molecular flexibility index (Phi) is 7.49. The number of nitrogens with zero attached hydrogens (tertiary/aromatic N) is 2. The van der Waals surface area contributed by atoms with Crippen molar-refractivity contribution in [1.82, 2.24) is 9.21 Å². The molecule has 0 unspecified atom stereocenters. The van der Waals surface area contributed by atoms with E-state index in [1.54, 1.807) is 12.1 Å². The maximum atomic E-state index is 13.0. The van der Waals surface area contributed by atoms with Crippen LogP contribution in [0.25, 0.3) is 0 Å². The van der Waals surface area contributed by atoms with Crippen LogP contribution in [0.1, 0.15) is 15.9 Å². The van der Waals surface area contributed by atoms with Crippen LogP contribution in [-0.4, -0.2) is 76.4 Å². The molecule has 2 aromatic rings. The van der Waals surface area contributed by atoms with Gasteiger partial charge in [-0.2, -0.15) is 4.31 Å². The standard InChI is InChI=1S/C22H27N3O6S/c1-16-4-6-17(7-5-16)23-21(26)15-24(2)22(27)19-14-18(8-9-20(19)30-3)32(28,29)25-10-12-31-13-11-25/h4-9,14H,10-13,15H2,1-3H3,(H,23,26). The first kappa shape index (κ1) is 23.7. The smallest absolute Gasteiger partial charge is 0.257 e. The summed E-state index contributed by atoms with van der Waals surface area (Å²) in [6.07, 6.45) is 0. The Labute approximate surface area is 188 Å². The maximum absolute atomic E-state index is 13.0. The van der Waals surface area contributed by atoms with Gasteiger partial charge >= 0.3 is 0 Å². The molecule has 9 nitrogen and oxygen atoms in total. The minimum absolute atomic E-state index is 0.0129. The number of aryl methyl sites for hydroxylation is 1. The van der Waals surface area contributed by atoms with E-state index < -0.39 is 15.9 Å². The molecule has 172 valence electrons. The monoisotopic (exact) mass is 461 g/mol. The van der Waals surface area contributed by atoms with Crippen molar-refractivity contribution in [3.63, 3.8) is 0 Å². The van der Waals surface area contributed by atoms with Crippen LogP contribution in [0.5, 0.6) is 5.75 Å². The number of likely N-dealkylation sites (N-methyl/N-ethyl adjacent to an activating group) is 1. The normalized spacial score (nSPS) is 14.6. The minimum Gasteiger partial charge on any atom is -0.496 e. The SMILES string of the molecule is COc1ccc(S(=O)(=O)N2CCOCC2)cc1C(=O)N(C)CC(=O)Nc1ccc(C)cc1. The lowest BCUT2D eigenvalue weighted by molar-refractivity contribution is -0.116. The van der Waals surface area contributed by atoms with Gasteiger partial charge in [-0.15, -0.1) is 0 Å². The van der Waals surface area contributed by atoms with Crippen molar-refractivity contribution in [3.8, 4) is 5.75 Å². The molecule has 2 aromatic carbocycles. The van der Waals surface area contributed by atoms with Gasteiger partial charge in [0.1, 0.15) is 5.75 Å². The third kappa shape index (κ3) is 5.45. The van der Waals surface area contributed by atoms with Gasteiger partial charge < -0.3 is 19.7 Å². The first-order chi connectivity index (χ1) is 15.2. The van der Waals surface area contributed by atoms with Crippen molar-refractivity contribution in [2.45, 2.75) is 11.8 Å². The molecule has 0 radical (unpaired) electrons. The number of methoxy groups -OCH3 is 1. The summed E-state index contributed by atoms with van der Waals surface area (Å²) in [6.45, 7) is 2.86. The second-order valence-corrected chi connectivity index (χ2v) is 9.39. The number of benzene rings is 2. The van der Waals surface area contributed by atoms with Crippen molar-refractivity contribution in [3.05, 3.63) is 53.6 Å². The van der Waals surface area contributed by atoms with Crippen LogP contribution in [0.3, 0.4) is 0 Å². The van der Waals surface area contributed by atoms with Gasteiger partial charge in [0.25, 0.3) is 5.91 Å². The van der Waals surface area contributed by atoms with Crippen LogP contribution in [0.4, 0.5) is 5.69 Å². The third-order valence-corrected chi connectivity index (χ3v) is 6.97. The van der Waals surface area contributed by atoms with Crippen molar-refractivity contribution < 1.29 is 27.5 Å². The zero-order valence-electron chi connectivity index (χ0n) is 18.3. The van der Waals surface area contributed by atoms with E-state index >= 15 is 0 Å². The third-order valence-electron chi connectivity index (χ3n) is 5.07. The summed E-state index contributed by atoms with van der Waals surface area (Å²) in [5.74, 6) is -0.678. The first-order valence-corrected chi connectivity index (χ1v) is 11.5. The Balaban J connectivity index is 1.77. The number of nitrogens with one attached hydrogen (secondary N) is 1. The number of anilines is 1. The largest absolute Gasteiger partial charge is 0.496 e. The summed E-state index contributed by atoms with van der Waals surface area (Å²) in [5, 5.41) is 2.74. The van der Waals surface area contributed by atoms with E-state index in [0.29, 0.717) is 18.9 Å². The molecule has 10 heteroatoms. The molecule has 0 spiro atoms. The number of ether oxygens (including phenoxy) is 2. The molecule has 1 fully saturated rings. The lowest BCUT2D eigenvalue weighted by atomic mass is 10.1. The van der Waals surface area contributed by atoms with Crippen molar-refractivity contribution in [1.29, 1.82) is 0 Å². The molecule has 1 saturated heterocycles. The molecule has 1 N–H and O–H groups in total. The molecule has 0 saturated carbocycles. The van der Waals surface area contributed by atoms with Crippen molar-refractivity contribution in [2.75, 3.05) is 52.3 Å². The summed E-state index contributed by atoms with van der Waals surface area (Å²) in [5.41, 5.74) is 1.75. The first-order valence-electron chi connectivity index (χ1n) is 10.1. The number of morpholine rings is 1. The average Bonchev–Trinajstić information content (AvgIpc) is 2.80. The molecule has 0 aromatic heterocycles. The quantitative estimate of drug-likeness (QED) is 0.673. The Morgan fingerprint density at radius 2 is 1.78 bits per heavy atom. The van der Waals surface area contributed by atoms with E-state index in [9.17, 15) is 18.0 Å². The fraction of sp³-hybridized carbons (Fsp3) is 0.364. The number of carbonyl (C=O) groups excluding carboxylic acids is 2. The Morgan fingerprint density at radius 3 is 2.41 bits per heavy atom. The predicted octanol–water partition coefficient (Wildman–Crippen LogP) is 1.74. The number of hydrogen-bond donors (Lipinski definition) is 1. The topological polar surface area (TPSA) is 105 Å². The van der Waals surface area contributed by atoms with Crippen LogP contribution in [0.2, 0.25) is 0 Å². The van der Waals surface area contributed by atoms with Gasteiger partial charge in [-0.05, 0) is 37.3 Å². The second kappa shape index (κ2) is 10.1. The van der Waals surface area contributed by atoms with E-state index in [2.05, 4.69) is 5.32 Å². The number of carbonyl (C=O) groups is 2. The molecule has 1 aliphatic heterocycles. The van der Waals surface area contributed by atoms with Crippen molar-refractivity contribution >= 4 is 27.5 Å². The van der Waals surface area contributed by atoms with E-state index in [1.807, 2.05) is 19.1 Å². The van der Waals surface area contributed by atoms with E-state index in [1.165, 1.54) is 41.6 Å². The molecule has 1 heterocycles. The molecule has 2 amide bonds. The number of rotatable bonds is 7. The van der Waals surface area contributed by atoms with Crippen LogP contribution in [0, 0.1) is 6.92 Å². The summed E-state index contributed by atoms with van der Waals surface area (Å²) in [6, 6.07) is 11.4. The van der Waals surface area contributed by atoms with Gasteiger partial charge in [0.2, 0.25) is 15.9 Å².